The van der Waals surface area contributed by atoms with Gasteiger partial charge >= 0.3 is 5.97 Å². The SMILES string of the molecule is Cc1c(-c2ccc(N3CCc4cccc(C(=O)Nc5nc6ncccc6s5)c4C3)nc2C(=O)OC(C)(C)C)cnn1CC12CC3CC(CC(C3)C1)C2. The molecule has 10 nitrogen and oxygen atoms in total. The lowest BCUT2D eigenvalue weighted by Gasteiger charge is -2.56. The van der Waals surface area contributed by atoms with Crippen molar-refractivity contribution < 1.29 is 14.3 Å². The number of nitrogens with zero attached hydrogens (tertiary/aromatic N) is 6. The van der Waals surface area contributed by atoms with Crippen molar-refractivity contribution in [1.82, 2.24) is 24.7 Å². The summed E-state index contributed by atoms with van der Waals surface area (Å²) in [5.41, 5.74) is 5.92. The van der Waals surface area contributed by atoms with Crippen molar-refractivity contribution in [2.75, 3.05) is 16.8 Å². The summed E-state index contributed by atoms with van der Waals surface area (Å²) < 4.78 is 9.05. The van der Waals surface area contributed by atoms with Crippen LogP contribution in [-0.2, 0) is 24.2 Å². The van der Waals surface area contributed by atoms with E-state index in [1.807, 2.05) is 63.4 Å². The van der Waals surface area contributed by atoms with E-state index in [1.165, 1.54) is 49.9 Å². The summed E-state index contributed by atoms with van der Waals surface area (Å²) >= 11 is 1.40. The number of amides is 1. The number of nitrogens with one attached hydrogen (secondary N) is 1. The summed E-state index contributed by atoms with van der Waals surface area (Å²) in [7, 11) is 0. The first kappa shape index (κ1) is 33.2. The number of pyridine rings is 2. The summed E-state index contributed by atoms with van der Waals surface area (Å²) in [6.45, 7) is 9.86. The molecule has 1 N–H and O–H groups in total. The van der Waals surface area contributed by atoms with Gasteiger partial charge in [0, 0.05) is 48.2 Å². The predicted octanol–water partition coefficient (Wildman–Crippen LogP) is 8.24. The molecule has 0 atom stereocenters. The second-order valence-electron chi connectivity index (χ2n) is 16.7. The number of carbonyl (C=O) groups excluding carboxylic acids is 2. The second kappa shape index (κ2) is 12.5. The van der Waals surface area contributed by atoms with Crippen LogP contribution in [0.4, 0.5) is 10.9 Å². The molecule has 4 aliphatic carbocycles. The Hall–Kier alpha value is -4.64. The Morgan fingerprint density at radius 1 is 0.981 bits per heavy atom. The predicted molar refractivity (Wildman–Crippen MR) is 203 cm³/mol. The maximum Gasteiger partial charge on any atom is 0.358 e. The Morgan fingerprint density at radius 2 is 1.75 bits per heavy atom. The number of aromatic nitrogens is 5. The minimum atomic E-state index is -0.685. The highest BCUT2D eigenvalue weighted by Crippen LogP contribution is 2.60. The largest absolute Gasteiger partial charge is 0.455 e. The van der Waals surface area contributed by atoms with Crippen molar-refractivity contribution in [2.24, 2.45) is 23.2 Å². The summed E-state index contributed by atoms with van der Waals surface area (Å²) in [6.07, 6.45) is 12.5. The summed E-state index contributed by atoms with van der Waals surface area (Å²) in [5, 5.41) is 8.44. The molecule has 11 heteroatoms. The number of carbonyl (C=O) groups is 2. The van der Waals surface area contributed by atoms with Gasteiger partial charge in [0.05, 0.1) is 10.9 Å². The molecule has 4 saturated carbocycles. The van der Waals surface area contributed by atoms with Gasteiger partial charge in [0.2, 0.25) is 0 Å². The molecular formula is C41H45N7O3S. The summed E-state index contributed by atoms with van der Waals surface area (Å²) in [6, 6.07) is 13.7. The Bertz CT molecular complexity index is 2150. The van der Waals surface area contributed by atoms with E-state index in [1.54, 1.807) is 6.20 Å². The Labute approximate surface area is 308 Å². The van der Waals surface area contributed by atoms with Crippen LogP contribution in [0.5, 0.6) is 0 Å². The van der Waals surface area contributed by atoms with Gasteiger partial charge in [-0.15, -0.1) is 0 Å². The molecule has 10 rings (SSSR count). The number of benzene rings is 1. The molecule has 0 saturated heterocycles. The van der Waals surface area contributed by atoms with Gasteiger partial charge in [-0.2, -0.15) is 10.1 Å². The van der Waals surface area contributed by atoms with Crippen molar-refractivity contribution in [1.29, 1.82) is 0 Å². The first-order valence-corrected chi connectivity index (χ1v) is 19.5. The van der Waals surface area contributed by atoms with Crippen molar-refractivity contribution in [3.05, 3.63) is 82.9 Å². The van der Waals surface area contributed by atoms with Crippen LogP contribution in [0.15, 0.2) is 54.9 Å². The highest BCUT2D eigenvalue weighted by atomic mass is 32.1. The topological polar surface area (TPSA) is 115 Å². The van der Waals surface area contributed by atoms with Crippen LogP contribution in [0.1, 0.15) is 97.0 Å². The third kappa shape index (κ3) is 6.16. The molecule has 268 valence electrons. The maximum absolute atomic E-state index is 13.9. The minimum Gasteiger partial charge on any atom is -0.455 e. The van der Waals surface area contributed by atoms with Crippen molar-refractivity contribution in [3.63, 3.8) is 0 Å². The van der Waals surface area contributed by atoms with Crippen LogP contribution >= 0.6 is 11.3 Å². The first-order chi connectivity index (χ1) is 25.0. The Kier molecular flexibility index (Phi) is 7.98. The zero-order chi connectivity index (χ0) is 35.8. The van der Waals surface area contributed by atoms with Crippen LogP contribution in [0.25, 0.3) is 21.5 Å². The molecule has 0 unspecified atom stereocenters. The second-order valence-corrected chi connectivity index (χ2v) is 17.7. The quantitative estimate of drug-likeness (QED) is 0.168. The number of thiazole rings is 1. The smallest absolute Gasteiger partial charge is 0.358 e. The van der Waals surface area contributed by atoms with E-state index >= 15 is 0 Å². The number of fused-ring (bicyclic) bond motifs is 2. The average molecular weight is 716 g/mol. The first-order valence-electron chi connectivity index (χ1n) is 18.6. The van der Waals surface area contributed by atoms with Gasteiger partial charge in [-0.3, -0.25) is 14.8 Å². The van der Waals surface area contributed by atoms with Crippen molar-refractivity contribution in [3.8, 4) is 11.1 Å². The lowest BCUT2D eigenvalue weighted by molar-refractivity contribution is -0.0638. The molecular weight excluding hydrogens is 671 g/mol. The number of rotatable bonds is 7. The van der Waals surface area contributed by atoms with Crippen LogP contribution in [0, 0.1) is 30.1 Å². The van der Waals surface area contributed by atoms with Gasteiger partial charge < -0.3 is 9.64 Å². The monoisotopic (exact) mass is 715 g/mol. The van der Waals surface area contributed by atoms with Gasteiger partial charge in [-0.05, 0) is 137 Å². The third-order valence-corrected chi connectivity index (χ3v) is 12.7. The fraction of sp³-hybridized carbons (Fsp3) is 0.463. The lowest BCUT2D eigenvalue weighted by atomic mass is 9.49. The van der Waals surface area contributed by atoms with E-state index in [-0.39, 0.29) is 11.6 Å². The molecule has 5 heterocycles. The summed E-state index contributed by atoms with van der Waals surface area (Å²) in [4.78, 5) is 43.5. The normalized spacial score (nSPS) is 23.5. The van der Waals surface area contributed by atoms with E-state index in [0.717, 1.165) is 63.4 Å². The van der Waals surface area contributed by atoms with Gasteiger partial charge in [0.25, 0.3) is 5.91 Å². The van der Waals surface area contributed by atoms with Crippen LogP contribution in [0.3, 0.4) is 0 Å². The van der Waals surface area contributed by atoms with Crippen molar-refractivity contribution in [2.45, 2.75) is 91.3 Å². The van der Waals surface area contributed by atoms with Gasteiger partial charge in [-0.1, -0.05) is 23.5 Å². The van der Waals surface area contributed by atoms with E-state index in [9.17, 15) is 9.59 Å². The number of anilines is 2. The van der Waals surface area contributed by atoms with Crippen LogP contribution in [0.2, 0.25) is 0 Å². The molecule has 52 heavy (non-hydrogen) atoms. The lowest BCUT2D eigenvalue weighted by Crippen LogP contribution is -2.48. The van der Waals surface area contributed by atoms with Gasteiger partial charge in [-0.25, -0.2) is 14.8 Å². The zero-order valence-electron chi connectivity index (χ0n) is 30.3. The molecule has 0 spiro atoms. The highest BCUT2D eigenvalue weighted by molar-refractivity contribution is 7.22. The Morgan fingerprint density at radius 3 is 2.48 bits per heavy atom. The highest BCUT2D eigenvalue weighted by Gasteiger charge is 2.51. The molecule has 1 amide bonds. The molecule has 4 fully saturated rings. The van der Waals surface area contributed by atoms with E-state index in [4.69, 9.17) is 14.8 Å². The molecule has 1 aliphatic heterocycles. The number of ether oxygens (including phenoxy) is 1. The summed E-state index contributed by atoms with van der Waals surface area (Å²) in [5.74, 6) is 2.62. The minimum absolute atomic E-state index is 0.212. The average Bonchev–Trinajstić information content (AvgIpc) is 3.67. The standard InChI is InChI=1S/C41H45N7O3S/c1-24-31(21-43-48(24)23-41-18-25-15-26(19-41)17-27(16-25)20-41)29-10-11-34(44-35(29)38(50)51-40(2,3)4)47-14-12-28-7-5-8-30(32(28)22-47)37(49)46-39-45-36-33(52-39)9-6-13-42-36/h5-11,13,21,25-27H,12,14-20,22-23H2,1-4H3,(H,42,45,46,49). The van der Waals surface area contributed by atoms with Gasteiger partial charge in [0.1, 0.15) is 11.4 Å². The third-order valence-electron chi connectivity index (χ3n) is 11.7. The molecule has 0 radical (unpaired) electrons. The van der Waals surface area contributed by atoms with Crippen LogP contribution in [-0.4, -0.2) is 48.8 Å². The molecule has 4 aromatic heterocycles. The number of hydrogen-bond acceptors (Lipinski definition) is 9. The Balaban J connectivity index is 1.01. The van der Waals surface area contributed by atoms with Crippen molar-refractivity contribution >= 4 is 44.5 Å². The zero-order valence-corrected chi connectivity index (χ0v) is 31.1. The molecule has 4 bridgehead atoms. The molecule has 1 aromatic carbocycles. The van der Waals surface area contributed by atoms with Crippen LogP contribution < -0.4 is 10.2 Å². The van der Waals surface area contributed by atoms with E-state index < -0.39 is 11.6 Å². The number of esters is 1. The van der Waals surface area contributed by atoms with E-state index in [2.05, 4.69) is 37.9 Å². The fourth-order valence-electron chi connectivity index (χ4n) is 9.97. The molecule has 5 aliphatic rings. The number of hydrogen-bond donors (Lipinski definition) is 1. The van der Waals surface area contributed by atoms with E-state index in [0.29, 0.717) is 40.7 Å². The fourth-order valence-corrected chi connectivity index (χ4v) is 10.8. The molecule has 5 aromatic rings. The maximum atomic E-state index is 13.9. The van der Waals surface area contributed by atoms with Gasteiger partial charge in [0.15, 0.2) is 16.5 Å².